The van der Waals surface area contributed by atoms with Crippen LogP contribution in [0.4, 0.5) is 36.6 Å². The fraction of sp³-hybridized carbons (Fsp3) is 0.333. The molecular weight excluding hydrogens is 385 g/mol. The van der Waals surface area contributed by atoms with Crippen molar-refractivity contribution in [1.82, 2.24) is 14.5 Å². The molecule has 1 atom stereocenters. The molecule has 12 heteroatoms. The van der Waals surface area contributed by atoms with Crippen molar-refractivity contribution in [3.8, 4) is 11.3 Å². The summed E-state index contributed by atoms with van der Waals surface area (Å²) in [5, 5.41) is 9.48. The van der Waals surface area contributed by atoms with E-state index in [0.717, 1.165) is 12.4 Å². The van der Waals surface area contributed by atoms with E-state index in [1.54, 1.807) is 0 Å². The highest BCUT2D eigenvalue weighted by atomic mass is 19.4. The van der Waals surface area contributed by atoms with Gasteiger partial charge in [0.2, 0.25) is 6.10 Å². The first-order valence-corrected chi connectivity index (χ1v) is 7.27. The first-order valence-electron chi connectivity index (χ1n) is 7.27. The molecule has 27 heavy (non-hydrogen) atoms. The zero-order valence-electron chi connectivity index (χ0n) is 13.4. The Morgan fingerprint density at radius 2 is 1.89 bits per heavy atom. The van der Waals surface area contributed by atoms with E-state index in [0.29, 0.717) is 10.6 Å². The van der Waals surface area contributed by atoms with Gasteiger partial charge in [0.15, 0.2) is 5.82 Å². The second-order valence-corrected chi connectivity index (χ2v) is 5.46. The summed E-state index contributed by atoms with van der Waals surface area (Å²) >= 11 is 0. The molecule has 0 aliphatic rings. The summed E-state index contributed by atoms with van der Waals surface area (Å²) in [6.07, 6.45) is -11.6. The molecule has 148 valence electrons. The largest absolute Gasteiger partial charge is 0.421 e. The van der Waals surface area contributed by atoms with Gasteiger partial charge in [0, 0.05) is 30.1 Å². The zero-order chi connectivity index (χ0) is 20.6. The van der Waals surface area contributed by atoms with Gasteiger partial charge in [-0.25, -0.2) is 9.97 Å². The number of nitrogens with two attached hydrogens (primary N) is 1. The number of imidazole rings is 1. The predicted octanol–water partition coefficient (Wildman–Crippen LogP) is 3.97. The minimum atomic E-state index is -5.10. The summed E-state index contributed by atoms with van der Waals surface area (Å²) in [7, 11) is 0. The number of hydrogen-bond acceptors (Lipinski definition) is 4. The van der Waals surface area contributed by atoms with E-state index >= 15 is 0 Å². The molecule has 0 fully saturated rings. The highest BCUT2D eigenvalue weighted by molar-refractivity contribution is 5.63. The fourth-order valence-electron chi connectivity index (χ4n) is 2.20. The SMILES string of the molecule is C=C(CCF)n1cc(-c2cnc(N)c(C(F)(F)F)c2)nc1C(O)C(F)(F)F. The zero-order valence-corrected chi connectivity index (χ0v) is 13.4. The number of anilines is 1. The fourth-order valence-corrected chi connectivity index (χ4v) is 2.20. The third-order valence-corrected chi connectivity index (χ3v) is 3.53. The van der Waals surface area contributed by atoms with Crippen molar-refractivity contribution in [3.05, 3.63) is 36.4 Å². The lowest BCUT2D eigenvalue weighted by atomic mass is 10.1. The number of allylic oxidation sites excluding steroid dienone is 1. The minimum absolute atomic E-state index is 0.172. The van der Waals surface area contributed by atoms with E-state index in [4.69, 9.17) is 5.73 Å². The van der Waals surface area contributed by atoms with Crippen molar-refractivity contribution >= 4 is 11.5 Å². The third kappa shape index (κ3) is 4.38. The van der Waals surface area contributed by atoms with Gasteiger partial charge in [-0.3, -0.25) is 4.39 Å². The number of pyridine rings is 1. The number of alkyl halides is 7. The molecule has 2 rings (SSSR count). The molecule has 2 aromatic heterocycles. The molecule has 2 heterocycles. The molecule has 2 aromatic rings. The van der Waals surface area contributed by atoms with Gasteiger partial charge in [-0.05, 0) is 6.07 Å². The summed E-state index contributed by atoms with van der Waals surface area (Å²) in [5.41, 5.74) is 3.06. The van der Waals surface area contributed by atoms with E-state index in [1.807, 2.05) is 0 Å². The standard InChI is InChI=1S/C15H13F7N4O/c1-7(2-3-16)26-6-10(25-13(26)11(27)15(20,21)22)8-4-9(14(17,18)19)12(23)24-5-8/h4-6,11,27H,1-3H2,(H2,23,24). The molecular formula is C15H13F7N4O. The van der Waals surface area contributed by atoms with Crippen molar-refractivity contribution in [2.45, 2.75) is 24.9 Å². The van der Waals surface area contributed by atoms with Gasteiger partial charge in [-0.15, -0.1) is 0 Å². The molecule has 0 amide bonds. The molecule has 1 unspecified atom stereocenters. The Hall–Kier alpha value is -2.63. The first kappa shape index (κ1) is 20.7. The van der Waals surface area contributed by atoms with Gasteiger partial charge in [0.25, 0.3) is 0 Å². The van der Waals surface area contributed by atoms with E-state index < -0.39 is 42.3 Å². The number of aliphatic hydroxyl groups is 1. The maximum absolute atomic E-state index is 13.0. The van der Waals surface area contributed by atoms with Crippen LogP contribution in [0.2, 0.25) is 0 Å². The topological polar surface area (TPSA) is 77.0 Å². The number of nitrogens with zero attached hydrogens (tertiary/aromatic N) is 3. The lowest BCUT2D eigenvalue weighted by Crippen LogP contribution is -2.23. The van der Waals surface area contributed by atoms with Crippen molar-refractivity contribution in [2.24, 2.45) is 0 Å². The first-order chi connectivity index (χ1) is 12.4. The third-order valence-electron chi connectivity index (χ3n) is 3.53. The Kier molecular flexibility index (Phi) is 5.50. The summed E-state index contributed by atoms with van der Waals surface area (Å²) in [6, 6.07) is 0.566. The van der Waals surface area contributed by atoms with Crippen LogP contribution in [0.25, 0.3) is 17.0 Å². The minimum Gasteiger partial charge on any atom is -0.383 e. The number of halogens is 7. The quantitative estimate of drug-likeness (QED) is 0.748. The van der Waals surface area contributed by atoms with Gasteiger partial charge >= 0.3 is 12.4 Å². The van der Waals surface area contributed by atoms with Crippen molar-refractivity contribution in [1.29, 1.82) is 0 Å². The molecule has 0 radical (unpaired) electrons. The number of aliphatic hydroxyl groups excluding tert-OH is 1. The van der Waals surface area contributed by atoms with Gasteiger partial charge in [-0.1, -0.05) is 6.58 Å². The number of rotatable bonds is 5. The van der Waals surface area contributed by atoms with Crippen LogP contribution in [-0.2, 0) is 6.18 Å². The van der Waals surface area contributed by atoms with Gasteiger partial charge in [-0.2, -0.15) is 26.3 Å². The van der Waals surface area contributed by atoms with Gasteiger partial charge in [0.05, 0.1) is 17.9 Å². The smallest absolute Gasteiger partial charge is 0.383 e. The van der Waals surface area contributed by atoms with Crippen molar-refractivity contribution < 1.29 is 35.8 Å². The molecule has 0 aliphatic carbocycles. The van der Waals surface area contributed by atoms with Crippen LogP contribution >= 0.6 is 0 Å². The molecule has 0 spiro atoms. The molecule has 0 aromatic carbocycles. The normalized spacial score (nSPS) is 13.6. The number of nitrogen functional groups attached to an aromatic ring is 1. The predicted molar refractivity (Wildman–Crippen MR) is 81.8 cm³/mol. The Labute approximate surface area is 148 Å². The summed E-state index contributed by atoms with van der Waals surface area (Å²) < 4.78 is 90.7. The van der Waals surface area contributed by atoms with Crippen LogP contribution in [0.15, 0.2) is 25.0 Å². The summed E-state index contributed by atoms with van der Waals surface area (Å²) in [5.74, 6) is -1.77. The average molecular weight is 398 g/mol. The molecule has 0 saturated heterocycles. The van der Waals surface area contributed by atoms with Crippen LogP contribution in [0.1, 0.15) is 23.9 Å². The van der Waals surface area contributed by atoms with Crippen LogP contribution < -0.4 is 5.73 Å². The van der Waals surface area contributed by atoms with Gasteiger partial charge < -0.3 is 15.4 Å². The molecule has 0 bridgehead atoms. The van der Waals surface area contributed by atoms with Gasteiger partial charge in [0.1, 0.15) is 5.82 Å². The molecule has 3 N–H and O–H groups in total. The van der Waals surface area contributed by atoms with Crippen LogP contribution in [0, 0.1) is 0 Å². The highest BCUT2D eigenvalue weighted by Gasteiger charge is 2.43. The molecule has 0 aliphatic heterocycles. The Balaban J connectivity index is 2.61. The van der Waals surface area contributed by atoms with Crippen LogP contribution in [-0.4, -0.2) is 32.5 Å². The second-order valence-electron chi connectivity index (χ2n) is 5.46. The molecule has 0 saturated carbocycles. The lowest BCUT2D eigenvalue weighted by Gasteiger charge is -2.16. The highest BCUT2D eigenvalue weighted by Crippen LogP contribution is 2.37. The Morgan fingerprint density at radius 1 is 1.26 bits per heavy atom. The maximum atomic E-state index is 13.0. The van der Waals surface area contributed by atoms with Crippen LogP contribution in [0.3, 0.4) is 0 Å². The van der Waals surface area contributed by atoms with E-state index in [2.05, 4.69) is 16.5 Å². The van der Waals surface area contributed by atoms with Crippen molar-refractivity contribution in [2.75, 3.05) is 12.4 Å². The van der Waals surface area contributed by atoms with E-state index in [-0.39, 0.29) is 23.4 Å². The number of hydrogen-bond donors (Lipinski definition) is 2. The van der Waals surface area contributed by atoms with E-state index in [9.17, 15) is 35.8 Å². The second kappa shape index (κ2) is 7.18. The monoisotopic (exact) mass is 398 g/mol. The van der Waals surface area contributed by atoms with Crippen LogP contribution in [0.5, 0.6) is 0 Å². The van der Waals surface area contributed by atoms with E-state index in [1.165, 1.54) is 0 Å². The summed E-state index contributed by atoms with van der Waals surface area (Å²) in [6.45, 7) is 2.46. The average Bonchev–Trinajstić information content (AvgIpc) is 2.98. The molecule has 5 nitrogen and oxygen atoms in total. The van der Waals surface area contributed by atoms with Crippen molar-refractivity contribution in [3.63, 3.8) is 0 Å². The lowest BCUT2D eigenvalue weighted by molar-refractivity contribution is -0.209. The summed E-state index contributed by atoms with van der Waals surface area (Å²) in [4.78, 5) is 6.94. The Morgan fingerprint density at radius 3 is 2.41 bits per heavy atom. The maximum Gasteiger partial charge on any atom is 0.421 e. The Bertz CT molecular complexity index is 842. The number of aromatic nitrogens is 3.